The van der Waals surface area contributed by atoms with Gasteiger partial charge in [0.2, 0.25) is 5.75 Å². The van der Waals surface area contributed by atoms with Crippen molar-refractivity contribution >= 4 is 27.6 Å². The van der Waals surface area contributed by atoms with Crippen molar-refractivity contribution in [2.24, 2.45) is 0 Å². The van der Waals surface area contributed by atoms with E-state index < -0.39 is 10.9 Å². The van der Waals surface area contributed by atoms with Gasteiger partial charge >= 0.3 is 11.7 Å². The maximum absolute atomic E-state index is 10.8. The zero-order valence-electron chi connectivity index (χ0n) is 8.82. The molecular formula is C10H10BrNO4. The van der Waals surface area contributed by atoms with Crippen LogP contribution < -0.4 is 4.74 Å². The van der Waals surface area contributed by atoms with Crippen LogP contribution >= 0.6 is 15.9 Å². The predicted octanol–water partition coefficient (Wildman–Crippen LogP) is 2.85. The van der Waals surface area contributed by atoms with Crippen LogP contribution in [0.15, 0.2) is 16.6 Å². The molecular weight excluding hydrogens is 278 g/mol. The van der Waals surface area contributed by atoms with Crippen molar-refractivity contribution in [3.8, 4) is 5.75 Å². The Morgan fingerprint density at radius 1 is 1.56 bits per heavy atom. The zero-order valence-corrected chi connectivity index (χ0v) is 10.4. The number of hydrogen-bond donors (Lipinski definition) is 0. The topological polar surface area (TPSA) is 69.4 Å². The number of hydrogen-bond acceptors (Lipinski definition) is 4. The molecule has 0 aliphatic rings. The average molecular weight is 288 g/mol. The summed E-state index contributed by atoms with van der Waals surface area (Å²) in [7, 11) is 0. The van der Waals surface area contributed by atoms with Crippen LogP contribution in [0.3, 0.4) is 0 Å². The van der Waals surface area contributed by atoms with E-state index in [1.54, 1.807) is 0 Å². The minimum absolute atomic E-state index is 0.0402. The Bertz CT molecular complexity index is 445. The molecule has 5 nitrogen and oxygen atoms in total. The summed E-state index contributed by atoms with van der Waals surface area (Å²) in [6.45, 7) is 3.08. The largest absolute Gasteiger partial charge is 0.419 e. The summed E-state index contributed by atoms with van der Waals surface area (Å²) in [5.74, 6) is -0.624. The van der Waals surface area contributed by atoms with E-state index in [-0.39, 0.29) is 11.4 Å². The Labute approximate surface area is 101 Å². The number of nitro benzene ring substituents is 1. The quantitative estimate of drug-likeness (QED) is 0.371. The van der Waals surface area contributed by atoms with Crippen LogP contribution in [0, 0.1) is 10.1 Å². The second kappa shape index (κ2) is 5.07. The van der Waals surface area contributed by atoms with Crippen molar-refractivity contribution in [1.82, 2.24) is 0 Å². The van der Waals surface area contributed by atoms with Gasteiger partial charge in [0.05, 0.1) is 4.92 Å². The molecule has 0 N–H and O–H groups in total. The van der Waals surface area contributed by atoms with Crippen molar-refractivity contribution < 1.29 is 14.5 Å². The van der Waals surface area contributed by atoms with Crippen LogP contribution in [-0.4, -0.2) is 10.9 Å². The fraction of sp³-hybridized carbons (Fsp3) is 0.300. The first-order chi connectivity index (χ1) is 7.45. The van der Waals surface area contributed by atoms with Gasteiger partial charge in [-0.1, -0.05) is 22.9 Å². The Balaban J connectivity index is 3.30. The van der Waals surface area contributed by atoms with E-state index in [0.717, 1.165) is 5.56 Å². The van der Waals surface area contributed by atoms with Crippen LogP contribution in [0.25, 0.3) is 0 Å². The molecule has 0 heterocycles. The van der Waals surface area contributed by atoms with Gasteiger partial charge in [0.25, 0.3) is 0 Å². The summed E-state index contributed by atoms with van der Waals surface area (Å²) in [5, 5.41) is 10.8. The standard InChI is InChI=1S/C10H10BrNO4/c1-3-7-4-9(12(14)15)10(5-8(7)11)16-6(2)13/h4-5H,3H2,1-2H3. The second-order valence-electron chi connectivity index (χ2n) is 3.12. The lowest BCUT2D eigenvalue weighted by Crippen LogP contribution is -2.04. The van der Waals surface area contributed by atoms with Crippen LogP contribution in [0.5, 0.6) is 5.75 Å². The number of carbonyl (C=O) groups is 1. The van der Waals surface area contributed by atoms with Crippen LogP contribution in [0.1, 0.15) is 19.4 Å². The number of benzene rings is 1. The molecule has 1 aromatic rings. The Morgan fingerprint density at radius 2 is 2.19 bits per heavy atom. The summed E-state index contributed by atoms with van der Waals surface area (Å²) in [4.78, 5) is 21.0. The second-order valence-corrected chi connectivity index (χ2v) is 3.97. The highest BCUT2D eigenvalue weighted by Gasteiger charge is 2.19. The average Bonchev–Trinajstić information content (AvgIpc) is 2.16. The third kappa shape index (κ3) is 2.79. The number of carbonyl (C=O) groups excluding carboxylic acids is 1. The van der Waals surface area contributed by atoms with Crippen molar-refractivity contribution in [1.29, 1.82) is 0 Å². The monoisotopic (exact) mass is 287 g/mol. The Kier molecular flexibility index (Phi) is 4.00. The lowest BCUT2D eigenvalue weighted by Gasteiger charge is -2.06. The third-order valence-electron chi connectivity index (χ3n) is 1.96. The summed E-state index contributed by atoms with van der Waals surface area (Å²) < 4.78 is 5.47. The van der Waals surface area contributed by atoms with E-state index in [1.807, 2.05) is 6.92 Å². The normalized spacial score (nSPS) is 9.94. The highest BCUT2D eigenvalue weighted by molar-refractivity contribution is 9.10. The number of rotatable bonds is 3. The van der Waals surface area contributed by atoms with Crippen LogP contribution in [0.4, 0.5) is 5.69 Å². The molecule has 0 radical (unpaired) electrons. The molecule has 0 spiro atoms. The summed E-state index contributed by atoms with van der Waals surface area (Å²) in [6, 6.07) is 2.85. The fourth-order valence-electron chi connectivity index (χ4n) is 1.24. The number of nitro groups is 1. The first-order valence-electron chi connectivity index (χ1n) is 4.61. The minimum atomic E-state index is -0.584. The highest BCUT2D eigenvalue weighted by atomic mass is 79.9. The van der Waals surface area contributed by atoms with Crippen molar-refractivity contribution in [3.63, 3.8) is 0 Å². The third-order valence-corrected chi connectivity index (χ3v) is 2.70. The molecule has 0 bridgehead atoms. The van der Waals surface area contributed by atoms with Gasteiger partial charge in [-0.05, 0) is 12.0 Å². The highest BCUT2D eigenvalue weighted by Crippen LogP contribution is 2.33. The molecule has 1 aromatic carbocycles. The predicted molar refractivity (Wildman–Crippen MR) is 61.5 cm³/mol. The summed E-state index contributed by atoms with van der Waals surface area (Å²) in [6.07, 6.45) is 0.655. The maximum Gasteiger partial charge on any atom is 0.312 e. The Morgan fingerprint density at radius 3 is 2.62 bits per heavy atom. The number of nitrogens with zero attached hydrogens (tertiary/aromatic N) is 1. The zero-order chi connectivity index (χ0) is 12.3. The van der Waals surface area contributed by atoms with E-state index in [2.05, 4.69) is 15.9 Å². The maximum atomic E-state index is 10.8. The molecule has 0 aliphatic carbocycles. The van der Waals surface area contributed by atoms with Gasteiger partial charge in [0.15, 0.2) is 0 Å². The van der Waals surface area contributed by atoms with E-state index >= 15 is 0 Å². The lowest BCUT2D eigenvalue weighted by atomic mass is 10.1. The van der Waals surface area contributed by atoms with Gasteiger partial charge in [-0.2, -0.15) is 0 Å². The van der Waals surface area contributed by atoms with Gasteiger partial charge in [0.1, 0.15) is 0 Å². The molecule has 86 valence electrons. The van der Waals surface area contributed by atoms with E-state index in [9.17, 15) is 14.9 Å². The molecule has 0 aliphatic heterocycles. The molecule has 0 atom stereocenters. The smallest absolute Gasteiger partial charge is 0.312 e. The molecule has 0 unspecified atom stereocenters. The van der Waals surface area contributed by atoms with Crippen molar-refractivity contribution in [2.45, 2.75) is 20.3 Å². The van der Waals surface area contributed by atoms with Crippen molar-refractivity contribution in [2.75, 3.05) is 0 Å². The van der Waals surface area contributed by atoms with Crippen molar-refractivity contribution in [3.05, 3.63) is 32.3 Å². The van der Waals surface area contributed by atoms with Gasteiger partial charge in [-0.25, -0.2) is 0 Å². The van der Waals surface area contributed by atoms with Crippen LogP contribution in [-0.2, 0) is 11.2 Å². The summed E-state index contributed by atoms with van der Waals surface area (Å²) >= 11 is 3.27. The minimum Gasteiger partial charge on any atom is -0.419 e. The SMILES string of the molecule is CCc1cc([N+](=O)[O-])c(OC(C)=O)cc1Br. The van der Waals surface area contributed by atoms with Gasteiger partial charge < -0.3 is 4.74 Å². The molecule has 0 saturated heterocycles. The first-order valence-corrected chi connectivity index (χ1v) is 5.40. The molecule has 0 aromatic heterocycles. The number of ether oxygens (including phenoxy) is 1. The summed E-state index contributed by atoms with van der Waals surface area (Å²) in [5.41, 5.74) is 0.595. The molecule has 1 rings (SSSR count). The van der Waals surface area contributed by atoms with Gasteiger partial charge in [0, 0.05) is 23.5 Å². The number of halogens is 1. The molecule has 0 saturated carbocycles. The first kappa shape index (κ1) is 12.6. The van der Waals surface area contributed by atoms with Gasteiger partial charge in [-0.3, -0.25) is 14.9 Å². The van der Waals surface area contributed by atoms with E-state index in [0.29, 0.717) is 10.9 Å². The van der Waals surface area contributed by atoms with E-state index in [4.69, 9.17) is 4.74 Å². The molecule has 0 amide bonds. The number of esters is 1. The molecule has 6 heteroatoms. The van der Waals surface area contributed by atoms with Crippen LogP contribution in [0.2, 0.25) is 0 Å². The van der Waals surface area contributed by atoms with Gasteiger partial charge in [-0.15, -0.1) is 0 Å². The molecule has 16 heavy (non-hydrogen) atoms. The lowest BCUT2D eigenvalue weighted by molar-refractivity contribution is -0.385. The molecule has 0 fully saturated rings. The van der Waals surface area contributed by atoms with E-state index in [1.165, 1.54) is 19.1 Å². The number of aryl methyl sites for hydroxylation is 1. The Hall–Kier alpha value is -1.43. The fourth-order valence-corrected chi connectivity index (χ4v) is 1.84.